The van der Waals surface area contributed by atoms with Gasteiger partial charge in [0, 0.05) is 24.8 Å². The minimum Gasteiger partial charge on any atom is -0.192 e. The Hall–Kier alpha value is -1.89. The van der Waals surface area contributed by atoms with Gasteiger partial charge in [0.2, 0.25) is 5.52 Å². The Kier molecular flexibility index (Phi) is 3.57. The molecule has 0 saturated heterocycles. The number of nitrogens with zero attached hydrogens (tertiary/aromatic N) is 1. The van der Waals surface area contributed by atoms with E-state index in [9.17, 15) is 0 Å². The van der Waals surface area contributed by atoms with Crippen molar-refractivity contribution < 1.29 is 4.57 Å². The van der Waals surface area contributed by atoms with Gasteiger partial charge in [-0.2, -0.15) is 4.57 Å². The van der Waals surface area contributed by atoms with Gasteiger partial charge in [0.1, 0.15) is 0 Å². The maximum absolute atomic E-state index is 2.64. The van der Waals surface area contributed by atoms with Crippen molar-refractivity contribution in [3.05, 3.63) is 53.2 Å². The standard InChI is InChI=1S/C28H36N/c1-9-27(7)20-16-21-23(26(5,6)17-25(21,3)4)19-14-13-18-12-11-15-29(24(18)22(19)20)28(27,8)10-2/h11-16H,9-10,17H2,1-8H3/q+1. The van der Waals surface area contributed by atoms with E-state index in [0.29, 0.717) is 0 Å². The molecule has 29 heavy (non-hydrogen) atoms. The molecule has 0 amide bonds. The Morgan fingerprint density at radius 2 is 1.59 bits per heavy atom. The van der Waals surface area contributed by atoms with Gasteiger partial charge in [0.25, 0.3) is 0 Å². The van der Waals surface area contributed by atoms with Crippen LogP contribution in [0.25, 0.3) is 21.7 Å². The van der Waals surface area contributed by atoms with Gasteiger partial charge in [-0.25, -0.2) is 0 Å². The van der Waals surface area contributed by atoms with Crippen LogP contribution < -0.4 is 4.57 Å². The van der Waals surface area contributed by atoms with Crippen LogP contribution in [0.15, 0.2) is 36.5 Å². The summed E-state index contributed by atoms with van der Waals surface area (Å²) in [5.41, 5.74) is 6.81. The molecule has 5 rings (SSSR count). The van der Waals surface area contributed by atoms with Crippen molar-refractivity contribution in [2.24, 2.45) is 0 Å². The van der Waals surface area contributed by atoms with Crippen molar-refractivity contribution in [3.8, 4) is 0 Å². The summed E-state index contributed by atoms with van der Waals surface area (Å²) in [5, 5.41) is 4.38. The highest BCUT2D eigenvalue weighted by molar-refractivity contribution is 6.08. The minimum absolute atomic E-state index is 0.0645. The average Bonchev–Trinajstić information content (AvgIpc) is 2.88. The molecule has 1 aromatic heterocycles. The number of fused-ring (bicyclic) bond motifs is 2. The summed E-state index contributed by atoms with van der Waals surface area (Å²) in [6.07, 6.45) is 5.83. The van der Waals surface area contributed by atoms with Crippen LogP contribution >= 0.6 is 0 Å². The molecule has 2 aliphatic rings. The third kappa shape index (κ3) is 2.05. The summed E-state index contributed by atoms with van der Waals surface area (Å²) < 4.78 is 2.63. The number of rotatable bonds is 2. The number of aromatic nitrogens is 1. The first-order chi connectivity index (χ1) is 13.5. The van der Waals surface area contributed by atoms with Crippen molar-refractivity contribution in [2.45, 2.75) is 96.4 Å². The second-order valence-corrected chi connectivity index (χ2v) is 11.4. The first-order valence-electron chi connectivity index (χ1n) is 11.5. The molecule has 0 bridgehead atoms. The van der Waals surface area contributed by atoms with E-state index >= 15 is 0 Å². The Labute approximate surface area is 176 Å². The molecule has 0 saturated carbocycles. The maximum Gasteiger partial charge on any atom is 0.221 e. The fourth-order valence-corrected chi connectivity index (χ4v) is 7.31. The molecule has 2 heterocycles. The largest absolute Gasteiger partial charge is 0.221 e. The topological polar surface area (TPSA) is 3.88 Å². The Balaban J connectivity index is 2.10. The van der Waals surface area contributed by atoms with Crippen LogP contribution in [0.4, 0.5) is 0 Å². The molecule has 0 radical (unpaired) electrons. The van der Waals surface area contributed by atoms with Crippen molar-refractivity contribution in [1.82, 2.24) is 0 Å². The van der Waals surface area contributed by atoms with E-state index in [1.807, 2.05) is 0 Å². The molecule has 2 atom stereocenters. The van der Waals surface area contributed by atoms with Gasteiger partial charge >= 0.3 is 0 Å². The quantitative estimate of drug-likeness (QED) is 0.328. The molecule has 0 fully saturated rings. The van der Waals surface area contributed by atoms with E-state index < -0.39 is 0 Å². The first kappa shape index (κ1) is 19.1. The van der Waals surface area contributed by atoms with Crippen LogP contribution in [-0.2, 0) is 21.8 Å². The summed E-state index contributed by atoms with van der Waals surface area (Å²) >= 11 is 0. The van der Waals surface area contributed by atoms with Gasteiger partial charge in [-0.15, -0.1) is 0 Å². The molecule has 1 aliphatic carbocycles. The van der Waals surface area contributed by atoms with Crippen LogP contribution in [0.3, 0.4) is 0 Å². The lowest BCUT2D eigenvalue weighted by atomic mass is 9.60. The van der Waals surface area contributed by atoms with Crippen LogP contribution in [-0.4, -0.2) is 0 Å². The SMILES string of the molecule is CCC1(C)c2cc3c(c4ccc5ccc[n+](c5c24)C1(C)CC)C(C)(C)CC3(C)C. The number of pyridine rings is 1. The zero-order chi connectivity index (χ0) is 21.0. The van der Waals surface area contributed by atoms with Gasteiger partial charge in [-0.05, 0) is 64.8 Å². The molecule has 2 aromatic carbocycles. The lowest BCUT2D eigenvalue weighted by molar-refractivity contribution is -0.750. The van der Waals surface area contributed by atoms with Crippen LogP contribution in [0.2, 0.25) is 0 Å². The number of benzene rings is 2. The molecule has 3 aromatic rings. The van der Waals surface area contributed by atoms with Gasteiger partial charge in [-0.1, -0.05) is 53.7 Å². The highest BCUT2D eigenvalue weighted by atomic mass is 15.1. The molecular formula is C28H36N+. The van der Waals surface area contributed by atoms with Crippen molar-refractivity contribution in [1.29, 1.82) is 0 Å². The Bertz CT molecular complexity index is 1180. The minimum atomic E-state index is 0.0645. The molecule has 1 aliphatic heterocycles. The monoisotopic (exact) mass is 386 g/mol. The summed E-state index contributed by atoms with van der Waals surface area (Å²) in [6.45, 7) is 19.6. The summed E-state index contributed by atoms with van der Waals surface area (Å²) in [6, 6.07) is 12.0. The summed E-state index contributed by atoms with van der Waals surface area (Å²) in [4.78, 5) is 0. The summed E-state index contributed by atoms with van der Waals surface area (Å²) in [5.74, 6) is 0. The number of hydrogen-bond acceptors (Lipinski definition) is 0. The van der Waals surface area contributed by atoms with Crippen LogP contribution in [0.5, 0.6) is 0 Å². The Morgan fingerprint density at radius 3 is 2.24 bits per heavy atom. The highest BCUT2D eigenvalue weighted by Gasteiger charge is 2.56. The van der Waals surface area contributed by atoms with Crippen LogP contribution in [0.1, 0.15) is 91.3 Å². The van der Waals surface area contributed by atoms with E-state index in [1.165, 1.54) is 28.1 Å². The lowest BCUT2D eigenvalue weighted by Crippen LogP contribution is -2.66. The predicted molar refractivity (Wildman–Crippen MR) is 124 cm³/mol. The van der Waals surface area contributed by atoms with E-state index in [4.69, 9.17) is 0 Å². The lowest BCUT2D eigenvalue weighted by Gasteiger charge is -2.45. The van der Waals surface area contributed by atoms with Gasteiger partial charge in [0.15, 0.2) is 11.7 Å². The first-order valence-corrected chi connectivity index (χ1v) is 11.5. The third-order valence-electron chi connectivity index (χ3n) is 9.06. The second kappa shape index (κ2) is 5.42. The maximum atomic E-state index is 2.64. The normalized spacial score (nSPS) is 29.0. The van der Waals surface area contributed by atoms with Gasteiger partial charge < -0.3 is 0 Å². The average molecular weight is 387 g/mol. The smallest absolute Gasteiger partial charge is 0.192 e. The van der Waals surface area contributed by atoms with Crippen molar-refractivity contribution in [2.75, 3.05) is 0 Å². The summed E-state index contributed by atoms with van der Waals surface area (Å²) in [7, 11) is 0. The molecular weight excluding hydrogens is 350 g/mol. The van der Waals surface area contributed by atoms with E-state index in [0.717, 1.165) is 12.8 Å². The van der Waals surface area contributed by atoms with E-state index in [2.05, 4.69) is 96.5 Å². The number of hydrogen-bond donors (Lipinski definition) is 0. The fourth-order valence-electron chi connectivity index (χ4n) is 7.31. The fraction of sp³-hybridized carbons (Fsp3) is 0.536. The van der Waals surface area contributed by atoms with Gasteiger partial charge in [0.05, 0.1) is 10.8 Å². The predicted octanol–water partition coefficient (Wildman–Crippen LogP) is 7.05. The van der Waals surface area contributed by atoms with E-state index in [-0.39, 0.29) is 21.8 Å². The Morgan fingerprint density at radius 1 is 0.862 bits per heavy atom. The molecule has 1 heteroatoms. The third-order valence-corrected chi connectivity index (χ3v) is 9.06. The molecule has 0 spiro atoms. The van der Waals surface area contributed by atoms with E-state index in [1.54, 1.807) is 16.7 Å². The molecule has 152 valence electrons. The molecule has 2 unspecified atom stereocenters. The van der Waals surface area contributed by atoms with Crippen LogP contribution in [0, 0.1) is 0 Å². The van der Waals surface area contributed by atoms with Crippen molar-refractivity contribution in [3.63, 3.8) is 0 Å². The zero-order valence-corrected chi connectivity index (χ0v) is 19.5. The van der Waals surface area contributed by atoms with Crippen molar-refractivity contribution >= 4 is 21.7 Å². The zero-order valence-electron chi connectivity index (χ0n) is 19.5. The molecule has 0 N–H and O–H groups in total. The highest BCUT2D eigenvalue weighted by Crippen LogP contribution is 2.57. The molecule has 1 nitrogen and oxygen atoms in total. The van der Waals surface area contributed by atoms with Gasteiger partial charge in [-0.3, -0.25) is 0 Å². The second-order valence-electron chi connectivity index (χ2n) is 11.4.